The van der Waals surface area contributed by atoms with Gasteiger partial charge in [-0.05, 0) is 32.0 Å². The van der Waals surface area contributed by atoms with Crippen LogP contribution in [0.5, 0.6) is 0 Å². The molecule has 1 amide bonds. The van der Waals surface area contributed by atoms with Crippen molar-refractivity contribution in [1.82, 2.24) is 10.6 Å². The minimum Gasteiger partial charge on any atom is -0.384 e. The van der Waals surface area contributed by atoms with Crippen molar-refractivity contribution in [2.24, 2.45) is 5.41 Å². The van der Waals surface area contributed by atoms with Crippen LogP contribution < -0.4 is 10.6 Å². The molecular formula is C20H26N2O3S. The summed E-state index contributed by atoms with van der Waals surface area (Å²) < 4.78 is 6.48. The van der Waals surface area contributed by atoms with Crippen LogP contribution in [-0.2, 0) is 9.53 Å². The molecule has 3 rings (SSSR count). The maximum absolute atomic E-state index is 12.5. The molecule has 0 unspecified atom stereocenters. The largest absolute Gasteiger partial charge is 0.384 e. The van der Waals surface area contributed by atoms with Gasteiger partial charge in [-0.15, -0.1) is 11.3 Å². The second-order valence-corrected chi connectivity index (χ2v) is 7.94. The normalized spacial score (nSPS) is 16.5. The Kier molecular flexibility index (Phi) is 6.40. The number of nitrogens with one attached hydrogen (secondary N) is 2. The molecule has 26 heavy (non-hydrogen) atoms. The van der Waals surface area contributed by atoms with Crippen molar-refractivity contribution >= 4 is 33.1 Å². The number of piperidine rings is 1. The Balaban J connectivity index is 1.51. The van der Waals surface area contributed by atoms with E-state index in [-0.39, 0.29) is 29.9 Å². The molecule has 1 aliphatic heterocycles. The number of carbonyl (C=O) groups excluding carboxylic acids is 2. The van der Waals surface area contributed by atoms with Gasteiger partial charge in [0.25, 0.3) is 0 Å². The van der Waals surface area contributed by atoms with Crippen molar-refractivity contribution in [1.29, 1.82) is 0 Å². The van der Waals surface area contributed by atoms with Crippen LogP contribution in [0.15, 0.2) is 29.6 Å². The highest BCUT2D eigenvalue weighted by atomic mass is 32.1. The van der Waals surface area contributed by atoms with Crippen LogP contribution in [0, 0.1) is 5.41 Å². The lowest BCUT2D eigenvalue weighted by molar-refractivity contribution is -0.122. The summed E-state index contributed by atoms with van der Waals surface area (Å²) in [6.07, 6.45) is 2.44. The number of fused-ring (bicyclic) bond motifs is 1. The van der Waals surface area contributed by atoms with Crippen molar-refractivity contribution in [2.75, 3.05) is 33.4 Å². The van der Waals surface area contributed by atoms with E-state index in [1.807, 2.05) is 29.6 Å². The summed E-state index contributed by atoms with van der Waals surface area (Å²) in [5.74, 6) is -0.0297. The van der Waals surface area contributed by atoms with Gasteiger partial charge in [0.15, 0.2) is 5.78 Å². The molecule has 1 aromatic carbocycles. The molecule has 1 saturated heterocycles. The van der Waals surface area contributed by atoms with Gasteiger partial charge in [-0.3, -0.25) is 9.59 Å². The Morgan fingerprint density at radius 3 is 2.77 bits per heavy atom. The Labute approximate surface area is 158 Å². The highest BCUT2D eigenvalue weighted by Crippen LogP contribution is 2.29. The van der Waals surface area contributed by atoms with Gasteiger partial charge in [0.2, 0.25) is 5.91 Å². The predicted molar refractivity (Wildman–Crippen MR) is 105 cm³/mol. The number of thiophene rings is 1. The average Bonchev–Trinajstić information content (AvgIpc) is 3.10. The zero-order valence-electron chi connectivity index (χ0n) is 15.2. The van der Waals surface area contributed by atoms with Crippen molar-refractivity contribution in [3.8, 4) is 0 Å². The van der Waals surface area contributed by atoms with Crippen LogP contribution in [0.25, 0.3) is 10.1 Å². The van der Waals surface area contributed by atoms with E-state index in [9.17, 15) is 9.59 Å². The molecule has 0 aliphatic carbocycles. The smallest absolute Gasteiger partial charge is 0.220 e. The Hall–Kier alpha value is -1.76. The van der Waals surface area contributed by atoms with Gasteiger partial charge in [0.05, 0.1) is 6.61 Å². The third-order valence-corrected chi connectivity index (χ3v) is 6.10. The molecule has 0 bridgehead atoms. The summed E-state index contributed by atoms with van der Waals surface area (Å²) in [4.78, 5) is 24.7. The van der Waals surface area contributed by atoms with Gasteiger partial charge in [-0.2, -0.15) is 0 Å². The third kappa shape index (κ3) is 4.50. The number of Topliss-reactive ketones (excluding diaryl/α,β-unsaturated/α-hetero) is 1. The summed E-state index contributed by atoms with van der Waals surface area (Å²) in [7, 11) is 1.70. The summed E-state index contributed by atoms with van der Waals surface area (Å²) >= 11 is 1.57. The number of carbonyl (C=O) groups is 2. The second-order valence-electron chi connectivity index (χ2n) is 7.03. The van der Waals surface area contributed by atoms with Gasteiger partial charge in [0, 0.05) is 52.9 Å². The quantitative estimate of drug-likeness (QED) is 0.697. The first kappa shape index (κ1) is 19.0. The molecule has 1 aromatic heterocycles. The summed E-state index contributed by atoms with van der Waals surface area (Å²) in [5.41, 5.74) is 0.732. The summed E-state index contributed by atoms with van der Waals surface area (Å²) in [6, 6.07) is 7.88. The van der Waals surface area contributed by atoms with Crippen LogP contribution in [0.3, 0.4) is 0 Å². The molecule has 1 aliphatic rings. The molecule has 2 heterocycles. The SMILES string of the molecule is COCC1(CNC(=O)CCC(=O)c2csc3ccccc23)CCNCC1. The van der Waals surface area contributed by atoms with Crippen LogP contribution in [0.2, 0.25) is 0 Å². The van der Waals surface area contributed by atoms with E-state index in [1.54, 1.807) is 18.4 Å². The molecule has 5 nitrogen and oxygen atoms in total. The van der Waals surface area contributed by atoms with Crippen LogP contribution in [0.1, 0.15) is 36.0 Å². The second kappa shape index (κ2) is 8.75. The van der Waals surface area contributed by atoms with E-state index in [1.165, 1.54) is 0 Å². The lowest BCUT2D eigenvalue weighted by Crippen LogP contribution is -2.47. The van der Waals surface area contributed by atoms with E-state index in [2.05, 4.69) is 10.6 Å². The molecule has 2 N–H and O–H groups in total. The molecular weight excluding hydrogens is 348 g/mol. The highest BCUT2D eigenvalue weighted by Gasteiger charge is 2.32. The number of rotatable bonds is 8. The first-order chi connectivity index (χ1) is 12.6. The number of hydrogen-bond donors (Lipinski definition) is 2. The van der Waals surface area contributed by atoms with E-state index < -0.39 is 0 Å². The summed E-state index contributed by atoms with van der Waals surface area (Å²) in [5, 5.41) is 9.24. The number of ketones is 1. The topological polar surface area (TPSA) is 67.4 Å². The Bertz CT molecular complexity index is 760. The lowest BCUT2D eigenvalue weighted by Gasteiger charge is -2.37. The van der Waals surface area contributed by atoms with E-state index in [4.69, 9.17) is 4.74 Å². The van der Waals surface area contributed by atoms with Crippen molar-refractivity contribution in [2.45, 2.75) is 25.7 Å². The van der Waals surface area contributed by atoms with Crippen molar-refractivity contribution in [3.63, 3.8) is 0 Å². The van der Waals surface area contributed by atoms with E-state index in [0.717, 1.165) is 41.6 Å². The average molecular weight is 375 g/mol. The molecule has 0 atom stereocenters. The number of benzene rings is 1. The lowest BCUT2D eigenvalue weighted by atomic mass is 9.79. The minimum absolute atomic E-state index is 0.00320. The third-order valence-electron chi connectivity index (χ3n) is 5.14. The van der Waals surface area contributed by atoms with Crippen LogP contribution >= 0.6 is 11.3 Å². The van der Waals surface area contributed by atoms with E-state index in [0.29, 0.717) is 13.2 Å². The standard InChI is InChI=1S/C20H26N2O3S/c1-25-14-20(8-10-21-11-9-20)13-22-19(24)7-6-17(23)16-12-26-18-5-3-2-4-15(16)18/h2-5,12,21H,6-11,13-14H2,1H3,(H,22,24). The van der Waals surface area contributed by atoms with E-state index >= 15 is 0 Å². The Morgan fingerprint density at radius 1 is 1.23 bits per heavy atom. The predicted octanol–water partition coefficient (Wildman–Crippen LogP) is 3.00. The van der Waals surface area contributed by atoms with Gasteiger partial charge in [-0.25, -0.2) is 0 Å². The van der Waals surface area contributed by atoms with Crippen molar-refractivity contribution < 1.29 is 14.3 Å². The number of hydrogen-bond acceptors (Lipinski definition) is 5. The zero-order valence-corrected chi connectivity index (χ0v) is 16.0. The molecule has 6 heteroatoms. The molecule has 0 spiro atoms. The molecule has 0 radical (unpaired) electrons. The fraction of sp³-hybridized carbons (Fsp3) is 0.500. The zero-order chi connectivity index (χ0) is 18.4. The minimum atomic E-state index is -0.0631. The number of amides is 1. The Morgan fingerprint density at radius 2 is 2.00 bits per heavy atom. The van der Waals surface area contributed by atoms with Gasteiger partial charge < -0.3 is 15.4 Å². The maximum atomic E-state index is 12.5. The fourth-order valence-electron chi connectivity index (χ4n) is 3.57. The number of ether oxygens (including phenoxy) is 1. The fourth-order valence-corrected chi connectivity index (χ4v) is 4.53. The molecule has 0 saturated carbocycles. The van der Waals surface area contributed by atoms with Gasteiger partial charge in [0.1, 0.15) is 0 Å². The highest BCUT2D eigenvalue weighted by molar-refractivity contribution is 7.17. The monoisotopic (exact) mass is 374 g/mol. The van der Waals surface area contributed by atoms with Crippen LogP contribution in [0.4, 0.5) is 0 Å². The first-order valence-corrected chi connectivity index (χ1v) is 9.97. The van der Waals surface area contributed by atoms with Crippen molar-refractivity contribution in [3.05, 3.63) is 35.2 Å². The van der Waals surface area contributed by atoms with Crippen LogP contribution in [-0.4, -0.2) is 45.0 Å². The molecule has 1 fully saturated rings. The van der Waals surface area contributed by atoms with Gasteiger partial charge in [-0.1, -0.05) is 18.2 Å². The molecule has 2 aromatic rings. The van der Waals surface area contributed by atoms with Gasteiger partial charge >= 0.3 is 0 Å². The molecule has 140 valence electrons. The number of methoxy groups -OCH3 is 1. The summed E-state index contributed by atoms with van der Waals surface area (Å²) in [6.45, 7) is 3.15. The maximum Gasteiger partial charge on any atom is 0.220 e. The first-order valence-electron chi connectivity index (χ1n) is 9.09.